The summed E-state index contributed by atoms with van der Waals surface area (Å²) in [7, 11) is 0. The van der Waals surface area contributed by atoms with E-state index in [-0.39, 0.29) is 17.2 Å². The Morgan fingerprint density at radius 2 is 2.05 bits per heavy atom. The third-order valence-corrected chi connectivity index (χ3v) is 2.84. The monoisotopic (exact) mass is 261 g/mol. The summed E-state index contributed by atoms with van der Waals surface area (Å²) in [6.45, 7) is 2.62. The lowest BCUT2D eigenvalue weighted by molar-refractivity contribution is 0.0737. The minimum Gasteiger partial charge on any atom is -0.504 e. The van der Waals surface area contributed by atoms with Crippen molar-refractivity contribution >= 4 is 5.91 Å². The summed E-state index contributed by atoms with van der Waals surface area (Å²) in [5.41, 5.74) is 0.0772. The summed E-state index contributed by atoms with van der Waals surface area (Å²) in [4.78, 5) is 13.8. The first-order valence-electron chi connectivity index (χ1n) is 5.96. The summed E-state index contributed by atoms with van der Waals surface area (Å²) in [6.07, 6.45) is 1.54. The summed E-state index contributed by atoms with van der Waals surface area (Å²) in [5.74, 6) is -0.396. The molecule has 1 aromatic heterocycles. The summed E-state index contributed by atoms with van der Waals surface area (Å²) < 4.78 is 5.20. The Morgan fingerprint density at radius 3 is 2.68 bits per heavy atom. The van der Waals surface area contributed by atoms with Crippen LogP contribution in [0.5, 0.6) is 11.5 Å². The van der Waals surface area contributed by atoms with Crippen molar-refractivity contribution < 1.29 is 19.4 Å². The molecule has 0 atom stereocenters. The lowest BCUT2D eigenvalue weighted by Gasteiger charge is -2.20. The molecular formula is C14H15NO4. The highest BCUT2D eigenvalue weighted by Gasteiger charge is 2.20. The third-order valence-electron chi connectivity index (χ3n) is 2.84. The van der Waals surface area contributed by atoms with Crippen LogP contribution in [0, 0.1) is 0 Å². The van der Waals surface area contributed by atoms with Crippen LogP contribution < -0.4 is 0 Å². The van der Waals surface area contributed by atoms with Gasteiger partial charge in [0, 0.05) is 6.54 Å². The maximum absolute atomic E-state index is 12.3. The zero-order chi connectivity index (χ0) is 13.8. The van der Waals surface area contributed by atoms with Crippen molar-refractivity contribution in [3.05, 3.63) is 47.9 Å². The highest BCUT2D eigenvalue weighted by Crippen LogP contribution is 2.29. The fourth-order valence-electron chi connectivity index (χ4n) is 1.79. The number of hydrogen-bond donors (Lipinski definition) is 2. The molecule has 5 nitrogen and oxygen atoms in total. The molecule has 0 saturated carbocycles. The second-order valence-corrected chi connectivity index (χ2v) is 4.07. The van der Waals surface area contributed by atoms with Crippen LogP contribution in [-0.4, -0.2) is 27.6 Å². The van der Waals surface area contributed by atoms with E-state index in [4.69, 9.17) is 4.42 Å². The van der Waals surface area contributed by atoms with Gasteiger partial charge in [0.05, 0.1) is 18.4 Å². The Kier molecular flexibility index (Phi) is 3.75. The molecule has 0 saturated heterocycles. The van der Waals surface area contributed by atoms with Crippen molar-refractivity contribution in [3.8, 4) is 11.5 Å². The average molecular weight is 261 g/mol. The fraction of sp³-hybridized carbons (Fsp3) is 0.214. The predicted octanol–water partition coefficient (Wildman–Crippen LogP) is 2.35. The Hall–Kier alpha value is -2.43. The molecule has 1 aromatic carbocycles. The number of nitrogens with zero attached hydrogens (tertiary/aromatic N) is 1. The van der Waals surface area contributed by atoms with Gasteiger partial charge in [0.25, 0.3) is 5.91 Å². The number of phenolic OH excluding ortho intramolecular Hbond substituents is 2. The van der Waals surface area contributed by atoms with E-state index >= 15 is 0 Å². The Bertz CT molecular complexity index is 563. The number of benzene rings is 1. The van der Waals surface area contributed by atoms with Crippen molar-refractivity contribution in [2.24, 2.45) is 0 Å². The number of carbonyl (C=O) groups is 1. The van der Waals surface area contributed by atoms with E-state index in [2.05, 4.69) is 0 Å². The Morgan fingerprint density at radius 1 is 1.26 bits per heavy atom. The van der Waals surface area contributed by atoms with Crippen LogP contribution in [0.4, 0.5) is 0 Å². The molecule has 0 bridgehead atoms. The Labute approximate surface area is 110 Å². The fourth-order valence-corrected chi connectivity index (χ4v) is 1.79. The highest BCUT2D eigenvalue weighted by atomic mass is 16.3. The molecule has 5 heteroatoms. The maximum Gasteiger partial charge on any atom is 0.258 e. The molecule has 0 fully saturated rings. The number of furan rings is 1. The van der Waals surface area contributed by atoms with Crippen LogP contribution in [0.2, 0.25) is 0 Å². The molecule has 0 aliphatic heterocycles. The van der Waals surface area contributed by atoms with E-state index in [0.717, 1.165) is 0 Å². The molecule has 100 valence electrons. The maximum atomic E-state index is 12.3. The zero-order valence-corrected chi connectivity index (χ0v) is 10.5. The first-order chi connectivity index (χ1) is 9.13. The lowest BCUT2D eigenvalue weighted by atomic mass is 10.1. The van der Waals surface area contributed by atoms with E-state index in [1.54, 1.807) is 18.4 Å². The zero-order valence-electron chi connectivity index (χ0n) is 10.5. The van der Waals surface area contributed by atoms with Gasteiger partial charge in [0.1, 0.15) is 5.76 Å². The molecule has 0 unspecified atom stereocenters. The van der Waals surface area contributed by atoms with Crippen LogP contribution in [0.1, 0.15) is 23.0 Å². The Balaban J connectivity index is 2.23. The molecule has 2 aromatic rings. The first-order valence-corrected chi connectivity index (χ1v) is 5.96. The molecule has 2 N–H and O–H groups in total. The van der Waals surface area contributed by atoms with Gasteiger partial charge in [-0.05, 0) is 31.2 Å². The van der Waals surface area contributed by atoms with Crippen LogP contribution in [0.3, 0.4) is 0 Å². The summed E-state index contributed by atoms with van der Waals surface area (Å²) in [5, 5.41) is 19.1. The second kappa shape index (κ2) is 5.48. The molecule has 0 aliphatic carbocycles. The SMILES string of the molecule is CCN(Cc1ccco1)C(=O)c1cccc(O)c1O. The number of carbonyl (C=O) groups excluding carboxylic acids is 1. The van der Waals surface area contributed by atoms with E-state index in [1.807, 2.05) is 6.92 Å². The number of para-hydroxylation sites is 1. The minimum absolute atomic E-state index is 0.0772. The van der Waals surface area contributed by atoms with Crippen LogP contribution in [0.15, 0.2) is 41.0 Å². The number of aromatic hydroxyl groups is 2. The summed E-state index contributed by atoms with van der Waals surface area (Å²) in [6, 6.07) is 7.85. The predicted molar refractivity (Wildman–Crippen MR) is 68.9 cm³/mol. The third kappa shape index (κ3) is 2.70. The molecule has 19 heavy (non-hydrogen) atoms. The molecule has 2 rings (SSSR count). The summed E-state index contributed by atoms with van der Waals surface area (Å²) >= 11 is 0. The minimum atomic E-state index is -0.398. The van der Waals surface area contributed by atoms with Crippen molar-refractivity contribution in [3.63, 3.8) is 0 Å². The van der Waals surface area contributed by atoms with Gasteiger partial charge in [0.2, 0.25) is 0 Å². The van der Waals surface area contributed by atoms with E-state index in [9.17, 15) is 15.0 Å². The number of rotatable bonds is 4. The quantitative estimate of drug-likeness (QED) is 0.828. The molecule has 0 spiro atoms. The van der Waals surface area contributed by atoms with Gasteiger partial charge < -0.3 is 19.5 Å². The van der Waals surface area contributed by atoms with E-state index in [0.29, 0.717) is 18.8 Å². The van der Waals surface area contributed by atoms with Crippen molar-refractivity contribution in [2.45, 2.75) is 13.5 Å². The van der Waals surface area contributed by atoms with Crippen molar-refractivity contribution in [2.75, 3.05) is 6.54 Å². The number of amides is 1. The van der Waals surface area contributed by atoms with E-state index < -0.39 is 5.75 Å². The van der Waals surface area contributed by atoms with Crippen molar-refractivity contribution in [1.29, 1.82) is 0 Å². The van der Waals surface area contributed by atoms with Gasteiger partial charge in [-0.15, -0.1) is 0 Å². The standard InChI is InChI=1S/C14H15NO4/c1-2-15(9-10-5-4-8-19-10)14(18)11-6-3-7-12(16)13(11)17/h3-8,16-17H,2,9H2,1H3. The average Bonchev–Trinajstić information content (AvgIpc) is 2.91. The lowest BCUT2D eigenvalue weighted by Crippen LogP contribution is -2.30. The largest absolute Gasteiger partial charge is 0.504 e. The van der Waals surface area contributed by atoms with Crippen LogP contribution >= 0.6 is 0 Å². The van der Waals surface area contributed by atoms with Gasteiger partial charge in [-0.2, -0.15) is 0 Å². The van der Waals surface area contributed by atoms with Gasteiger partial charge in [-0.25, -0.2) is 0 Å². The van der Waals surface area contributed by atoms with Gasteiger partial charge >= 0.3 is 0 Å². The van der Waals surface area contributed by atoms with Gasteiger partial charge in [0.15, 0.2) is 11.5 Å². The van der Waals surface area contributed by atoms with E-state index in [1.165, 1.54) is 23.1 Å². The van der Waals surface area contributed by atoms with Gasteiger partial charge in [-0.3, -0.25) is 4.79 Å². The van der Waals surface area contributed by atoms with Gasteiger partial charge in [-0.1, -0.05) is 6.07 Å². The normalized spacial score (nSPS) is 10.4. The molecular weight excluding hydrogens is 246 g/mol. The first kappa shape index (κ1) is 13.0. The molecule has 0 aliphatic rings. The molecule has 1 heterocycles. The highest BCUT2D eigenvalue weighted by molar-refractivity contribution is 5.97. The number of hydrogen-bond acceptors (Lipinski definition) is 4. The van der Waals surface area contributed by atoms with Crippen LogP contribution in [0.25, 0.3) is 0 Å². The van der Waals surface area contributed by atoms with Crippen molar-refractivity contribution in [1.82, 2.24) is 4.90 Å². The number of phenols is 2. The molecule has 1 amide bonds. The molecule has 0 radical (unpaired) electrons. The van der Waals surface area contributed by atoms with Crippen LogP contribution in [-0.2, 0) is 6.54 Å². The smallest absolute Gasteiger partial charge is 0.258 e. The topological polar surface area (TPSA) is 73.9 Å². The second-order valence-electron chi connectivity index (χ2n) is 4.07.